The first-order chi connectivity index (χ1) is 27.2. The molecule has 6 heteroatoms. The topological polar surface area (TPSA) is 63.1 Å². The van der Waals surface area contributed by atoms with E-state index in [2.05, 4.69) is 121 Å². The Morgan fingerprint density at radius 2 is 0.909 bits per heavy atom. The number of nitrogens with zero attached hydrogens (tertiary/aromatic N) is 4. The van der Waals surface area contributed by atoms with Crippen molar-refractivity contribution in [3.05, 3.63) is 205 Å². The van der Waals surface area contributed by atoms with E-state index >= 15 is 0 Å². The van der Waals surface area contributed by atoms with Crippen LogP contribution in [0.2, 0.25) is 0 Å². The van der Waals surface area contributed by atoms with Crippen molar-refractivity contribution in [1.82, 2.24) is 20.3 Å². The third-order valence-electron chi connectivity index (χ3n) is 9.98. The van der Waals surface area contributed by atoms with E-state index in [9.17, 15) is 0 Å². The van der Waals surface area contributed by atoms with Gasteiger partial charge in [0.2, 0.25) is 0 Å². The molecule has 0 saturated carbocycles. The molecule has 0 aliphatic carbocycles. The third-order valence-corrected chi connectivity index (χ3v) is 11.2. The van der Waals surface area contributed by atoms with Crippen LogP contribution >= 0.6 is 11.3 Å². The first-order valence-corrected chi connectivity index (χ1v) is 19.2. The highest BCUT2D eigenvalue weighted by Crippen LogP contribution is 2.42. The number of rotatable bonds is 7. The van der Waals surface area contributed by atoms with Crippen molar-refractivity contribution in [2.24, 2.45) is 4.99 Å². The van der Waals surface area contributed by atoms with Crippen molar-refractivity contribution in [3.8, 4) is 45.3 Å². The van der Waals surface area contributed by atoms with Crippen LogP contribution in [0.25, 0.3) is 71.2 Å². The Bertz CT molecular complexity index is 2810. The predicted octanol–water partition coefficient (Wildman–Crippen LogP) is 12.0. The second kappa shape index (κ2) is 14.1. The van der Waals surface area contributed by atoms with Gasteiger partial charge < -0.3 is 5.32 Å². The molecule has 0 saturated heterocycles. The number of fused-ring (bicyclic) bond motifs is 3. The van der Waals surface area contributed by atoms with Gasteiger partial charge in [0, 0.05) is 42.4 Å². The van der Waals surface area contributed by atoms with Gasteiger partial charge in [0.25, 0.3) is 0 Å². The fourth-order valence-electron chi connectivity index (χ4n) is 7.22. The molecule has 10 rings (SSSR count). The zero-order chi connectivity index (χ0) is 36.6. The lowest BCUT2D eigenvalue weighted by Gasteiger charge is -2.25. The molecule has 3 heterocycles. The van der Waals surface area contributed by atoms with Gasteiger partial charge in [0.15, 0.2) is 17.5 Å². The summed E-state index contributed by atoms with van der Waals surface area (Å²) in [6, 6.07) is 62.9. The van der Waals surface area contributed by atoms with E-state index in [1.165, 1.54) is 25.7 Å². The van der Waals surface area contributed by atoms with E-state index in [1.54, 1.807) is 0 Å². The molecule has 1 N–H and O–H groups in total. The molecule has 0 amide bonds. The average molecular weight is 724 g/mol. The molecule has 2 aromatic heterocycles. The van der Waals surface area contributed by atoms with E-state index in [0.29, 0.717) is 17.5 Å². The van der Waals surface area contributed by atoms with E-state index in [4.69, 9.17) is 19.9 Å². The van der Waals surface area contributed by atoms with Crippen LogP contribution in [-0.4, -0.2) is 20.8 Å². The van der Waals surface area contributed by atoms with Crippen molar-refractivity contribution < 1.29 is 0 Å². The summed E-state index contributed by atoms with van der Waals surface area (Å²) >= 11 is 1.85. The molecule has 1 unspecified atom stereocenters. The molecule has 260 valence electrons. The Morgan fingerprint density at radius 1 is 0.418 bits per heavy atom. The van der Waals surface area contributed by atoms with Crippen LogP contribution in [0, 0.1) is 0 Å². The Hall–Kier alpha value is -7.02. The van der Waals surface area contributed by atoms with Gasteiger partial charge in [0.1, 0.15) is 5.84 Å². The number of amidine groups is 1. The molecule has 0 fully saturated rings. The van der Waals surface area contributed by atoms with Gasteiger partial charge in [-0.3, -0.25) is 0 Å². The molecule has 1 aliphatic heterocycles. The van der Waals surface area contributed by atoms with Gasteiger partial charge in [-0.05, 0) is 46.5 Å². The van der Waals surface area contributed by atoms with Crippen LogP contribution < -0.4 is 5.32 Å². The highest BCUT2D eigenvalue weighted by Gasteiger charge is 2.24. The largest absolute Gasteiger partial charge is 0.359 e. The van der Waals surface area contributed by atoms with E-state index in [0.717, 1.165) is 50.5 Å². The molecule has 0 bridgehead atoms. The molecule has 0 radical (unpaired) electrons. The van der Waals surface area contributed by atoms with Crippen LogP contribution in [-0.2, 0) is 0 Å². The number of aromatic nitrogens is 3. The molecule has 7 aromatic carbocycles. The summed E-state index contributed by atoms with van der Waals surface area (Å²) < 4.78 is 2.54. The van der Waals surface area contributed by atoms with Crippen LogP contribution in [0.3, 0.4) is 0 Å². The summed E-state index contributed by atoms with van der Waals surface area (Å²) in [5.74, 6) is 2.79. The maximum Gasteiger partial charge on any atom is 0.164 e. The summed E-state index contributed by atoms with van der Waals surface area (Å²) in [7, 11) is 0. The zero-order valence-corrected chi connectivity index (χ0v) is 30.5. The van der Waals surface area contributed by atoms with Crippen LogP contribution in [0.1, 0.15) is 22.7 Å². The minimum absolute atomic E-state index is 0.115. The maximum atomic E-state index is 5.14. The second-order valence-electron chi connectivity index (χ2n) is 13.5. The molecule has 1 aliphatic rings. The van der Waals surface area contributed by atoms with Gasteiger partial charge in [-0.1, -0.05) is 164 Å². The van der Waals surface area contributed by atoms with E-state index < -0.39 is 0 Å². The number of thiophene rings is 1. The standard InChI is InChI=1S/C49H33N5S/c1-5-15-33(16-6-1)42-31-43(51-46(50-42)34-17-7-2-8-18-34)41-30-38(29-40-39-23-13-14-24-44(39)55-45(40)41)32-25-27-37(28-26-32)49-53-47(35-19-9-3-10-20-35)52-48(54-49)36-21-11-4-12-22-36/h1-31,43H,(H,50,51). The Labute approximate surface area is 323 Å². The Balaban J connectivity index is 1.09. The van der Waals surface area contributed by atoms with E-state index in [1.807, 2.05) is 84.1 Å². The highest BCUT2D eigenvalue weighted by atomic mass is 32.1. The summed E-state index contributed by atoms with van der Waals surface area (Å²) in [4.78, 5) is 19.9. The molecular weight excluding hydrogens is 691 g/mol. The minimum atomic E-state index is -0.115. The quantitative estimate of drug-likeness (QED) is 0.178. The number of nitrogens with one attached hydrogen (secondary N) is 1. The lowest BCUT2D eigenvalue weighted by Crippen LogP contribution is -2.31. The molecule has 0 spiro atoms. The maximum absolute atomic E-state index is 5.14. The summed E-state index contributed by atoms with van der Waals surface area (Å²) in [6.45, 7) is 0. The highest BCUT2D eigenvalue weighted by molar-refractivity contribution is 7.26. The van der Waals surface area contributed by atoms with Crippen LogP contribution in [0.5, 0.6) is 0 Å². The van der Waals surface area contributed by atoms with Crippen molar-refractivity contribution in [1.29, 1.82) is 0 Å². The number of hydrogen-bond acceptors (Lipinski definition) is 6. The van der Waals surface area contributed by atoms with Gasteiger partial charge in [0.05, 0.1) is 11.7 Å². The average Bonchev–Trinajstić information content (AvgIpc) is 3.66. The Kier molecular flexibility index (Phi) is 8.35. The van der Waals surface area contributed by atoms with E-state index in [-0.39, 0.29) is 6.04 Å². The molecule has 55 heavy (non-hydrogen) atoms. The SMILES string of the molecule is C1=C(c2ccccc2)N=C(c2ccccc2)NC1c1cc(-c2ccc(-c3nc(-c4ccccc4)nc(-c4ccccc4)n3)cc2)cc2c1sc1ccccc12. The predicted molar refractivity (Wildman–Crippen MR) is 228 cm³/mol. The number of hydrogen-bond donors (Lipinski definition) is 1. The van der Waals surface area contributed by atoms with Gasteiger partial charge in [-0.25, -0.2) is 19.9 Å². The fourth-order valence-corrected chi connectivity index (χ4v) is 8.46. The van der Waals surface area contributed by atoms with Crippen LogP contribution in [0.4, 0.5) is 0 Å². The number of benzene rings is 7. The first-order valence-electron chi connectivity index (χ1n) is 18.3. The van der Waals surface area contributed by atoms with Crippen molar-refractivity contribution >= 4 is 43.0 Å². The zero-order valence-electron chi connectivity index (χ0n) is 29.7. The van der Waals surface area contributed by atoms with Crippen molar-refractivity contribution in [2.45, 2.75) is 6.04 Å². The lowest BCUT2D eigenvalue weighted by molar-refractivity contribution is 0.789. The summed E-state index contributed by atoms with van der Waals surface area (Å²) in [5.41, 5.74) is 9.39. The minimum Gasteiger partial charge on any atom is -0.359 e. The molecule has 1 atom stereocenters. The second-order valence-corrected chi connectivity index (χ2v) is 14.6. The fraction of sp³-hybridized carbons (Fsp3) is 0.0204. The lowest BCUT2D eigenvalue weighted by atomic mass is 9.94. The Morgan fingerprint density at radius 3 is 1.51 bits per heavy atom. The molecule has 9 aromatic rings. The normalized spacial score (nSPS) is 14.0. The summed E-state index contributed by atoms with van der Waals surface area (Å²) in [5, 5.41) is 6.33. The molecule has 5 nitrogen and oxygen atoms in total. The summed E-state index contributed by atoms with van der Waals surface area (Å²) in [6.07, 6.45) is 2.27. The van der Waals surface area contributed by atoms with Gasteiger partial charge in [-0.2, -0.15) is 0 Å². The van der Waals surface area contributed by atoms with Crippen LogP contribution in [0.15, 0.2) is 193 Å². The smallest absolute Gasteiger partial charge is 0.164 e. The van der Waals surface area contributed by atoms with Crippen molar-refractivity contribution in [3.63, 3.8) is 0 Å². The third kappa shape index (κ3) is 6.39. The molecular formula is C49H33N5S. The van der Waals surface area contributed by atoms with Crippen molar-refractivity contribution in [2.75, 3.05) is 0 Å². The van der Waals surface area contributed by atoms with Gasteiger partial charge >= 0.3 is 0 Å². The monoisotopic (exact) mass is 723 g/mol. The van der Waals surface area contributed by atoms with Gasteiger partial charge in [-0.15, -0.1) is 11.3 Å². The first kappa shape index (κ1) is 32.6. The number of aliphatic imine (C=N–C) groups is 1.